The van der Waals surface area contributed by atoms with Crippen LogP contribution in [0.15, 0.2) is 33.2 Å². The van der Waals surface area contributed by atoms with Gasteiger partial charge in [0.15, 0.2) is 0 Å². The van der Waals surface area contributed by atoms with Crippen molar-refractivity contribution in [1.29, 1.82) is 0 Å². The maximum atomic E-state index is 13.3. The number of ether oxygens (including phenoxy) is 1. The van der Waals surface area contributed by atoms with E-state index in [-0.39, 0.29) is 17.4 Å². The monoisotopic (exact) mass is 498 g/mol. The van der Waals surface area contributed by atoms with Crippen molar-refractivity contribution < 1.29 is 18.7 Å². The highest BCUT2D eigenvalue weighted by Gasteiger charge is 2.22. The van der Waals surface area contributed by atoms with Crippen LogP contribution in [0.25, 0.3) is 0 Å². The van der Waals surface area contributed by atoms with Gasteiger partial charge in [0.25, 0.3) is 11.8 Å². The molecule has 5 nitrogen and oxygen atoms in total. The molecule has 8 heteroatoms. The van der Waals surface area contributed by atoms with Crippen LogP contribution in [0, 0.1) is 5.82 Å². The van der Waals surface area contributed by atoms with Gasteiger partial charge in [0.05, 0.1) is 18.2 Å². The molecule has 2 amide bonds. The molecule has 0 fully saturated rings. The Labute approximate surface area is 172 Å². The Hall–Kier alpha value is -1.93. The summed E-state index contributed by atoms with van der Waals surface area (Å²) in [5.74, 6) is -0.185. The predicted octanol–water partition coefficient (Wildman–Crippen LogP) is 3.62. The summed E-state index contributed by atoms with van der Waals surface area (Å²) in [6.07, 6.45) is 1.55. The van der Waals surface area contributed by atoms with E-state index in [4.69, 9.17) is 4.74 Å². The Morgan fingerprint density at radius 2 is 1.41 bits per heavy atom. The smallest absolute Gasteiger partial charge is 0.255 e. The van der Waals surface area contributed by atoms with Crippen molar-refractivity contribution in [3.63, 3.8) is 0 Å². The van der Waals surface area contributed by atoms with Crippen LogP contribution in [0.3, 0.4) is 0 Å². The lowest BCUT2D eigenvalue weighted by Gasteiger charge is -2.19. The third-order valence-electron chi connectivity index (χ3n) is 4.32. The van der Waals surface area contributed by atoms with E-state index in [0.717, 1.165) is 22.0 Å². The molecule has 2 heterocycles. The Morgan fingerprint density at radius 3 is 2.00 bits per heavy atom. The van der Waals surface area contributed by atoms with Crippen molar-refractivity contribution in [3.8, 4) is 5.75 Å². The van der Waals surface area contributed by atoms with Gasteiger partial charge in [-0.05, 0) is 48.2 Å². The van der Waals surface area contributed by atoms with Gasteiger partial charge in [0, 0.05) is 22.0 Å². The highest BCUT2D eigenvalue weighted by Crippen LogP contribution is 2.29. The quantitative estimate of drug-likeness (QED) is 0.629. The van der Waals surface area contributed by atoms with Crippen LogP contribution in [0.5, 0.6) is 5.75 Å². The first-order chi connectivity index (χ1) is 12.9. The lowest BCUT2D eigenvalue weighted by molar-refractivity contribution is 0.0933. The summed E-state index contributed by atoms with van der Waals surface area (Å²) in [5.41, 5.74) is 2.67. The molecule has 2 aliphatic rings. The Morgan fingerprint density at radius 1 is 0.889 bits per heavy atom. The molecule has 0 bridgehead atoms. The fourth-order valence-electron chi connectivity index (χ4n) is 3.13. The van der Waals surface area contributed by atoms with Gasteiger partial charge in [-0.1, -0.05) is 31.9 Å². The van der Waals surface area contributed by atoms with Gasteiger partial charge in [0.2, 0.25) is 0 Å². The number of rotatable bonds is 1. The molecule has 0 spiro atoms. The van der Waals surface area contributed by atoms with Crippen LogP contribution in [-0.2, 0) is 12.8 Å². The normalized spacial score (nSPS) is 14.8. The standard InChI is InChI=1S/C10H10BrNO2.C9H7BrFNO/c1-14-8-5-7(11)4-6-2-3-12-10(13)9(6)8;10-6-3-5-1-2-12-9(13)8(5)7(11)4-6/h4-5H,2-3H2,1H3,(H,12,13);3-4H,1-2H2,(H,12,13). The molecule has 0 aliphatic carbocycles. The molecule has 2 aliphatic heterocycles. The summed E-state index contributed by atoms with van der Waals surface area (Å²) < 4.78 is 20.1. The van der Waals surface area contributed by atoms with Crippen molar-refractivity contribution >= 4 is 43.7 Å². The molecular formula is C19H17Br2FN2O3. The van der Waals surface area contributed by atoms with Gasteiger partial charge in [-0.25, -0.2) is 4.39 Å². The fraction of sp³-hybridized carbons (Fsp3) is 0.263. The first-order valence-electron chi connectivity index (χ1n) is 8.31. The average Bonchev–Trinajstić information content (AvgIpc) is 2.61. The topological polar surface area (TPSA) is 67.4 Å². The zero-order valence-electron chi connectivity index (χ0n) is 14.5. The fourth-order valence-corrected chi connectivity index (χ4v) is 4.09. The number of amides is 2. The molecule has 0 saturated heterocycles. The summed E-state index contributed by atoms with van der Waals surface area (Å²) in [6, 6.07) is 6.88. The third kappa shape index (κ3) is 4.32. The zero-order valence-corrected chi connectivity index (χ0v) is 17.7. The summed E-state index contributed by atoms with van der Waals surface area (Å²) in [4.78, 5) is 22.8. The second-order valence-corrected chi connectivity index (χ2v) is 7.91. The number of carbonyl (C=O) groups is 2. The van der Waals surface area contributed by atoms with E-state index < -0.39 is 5.82 Å². The highest BCUT2D eigenvalue weighted by molar-refractivity contribution is 9.10. The lowest BCUT2D eigenvalue weighted by atomic mass is 9.99. The largest absolute Gasteiger partial charge is 0.496 e. The maximum Gasteiger partial charge on any atom is 0.255 e. The second-order valence-electron chi connectivity index (χ2n) is 6.08. The lowest BCUT2D eigenvalue weighted by Crippen LogP contribution is -2.32. The van der Waals surface area contributed by atoms with E-state index in [9.17, 15) is 14.0 Å². The predicted molar refractivity (Wildman–Crippen MR) is 107 cm³/mol. The number of fused-ring (bicyclic) bond motifs is 2. The number of carbonyl (C=O) groups excluding carboxylic acids is 2. The van der Waals surface area contributed by atoms with Gasteiger partial charge in [-0.2, -0.15) is 0 Å². The average molecular weight is 500 g/mol. The molecule has 2 aromatic rings. The van der Waals surface area contributed by atoms with Crippen molar-refractivity contribution in [2.45, 2.75) is 12.8 Å². The van der Waals surface area contributed by atoms with Crippen LogP contribution in [-0.4, -0.2) is 32.0 Å². The van der Waals surface area contributed by atoms with Gasteiger partial charge >= 0.3 is 0 Å². The van der Waals surface area contributed by atoms with Gasteiger partial charge in [-0.15, -0.1) is 0 Å². The SMILES string of the molecule is COc1cc(Br)cc2c1C(=O)NCC2.O=C1NCCc2cc(Br)cc(F)c21. The van der Waals surface area contributed by atoms with Crippen LogP contribution in [0.2, 0.25) is 0 Å². The van der Waals surface area contributed by atoms with Crippen molar-refractivity contribution in [1.82, 2.24) is 10.6 Å². The first-order valence-corrected chi connectivity index (χ1v) is 9.90. The van der Waals surface area contributed by atoms with Crippen LogP contribution in [0.1, 0.15) is 31.8 Å². The molecule has 142 valence electrons. The summed E-state index contributed by atoms with van der Waals surface area (Å²) in [6.45, 7) is 1.28. The molecule has 2 N–H and O–H groups in total. The molecule has 27 heavy (non-hydrogen) atoms. The number of halogens is 3. The number of hydrogen-bond acceptors (Lipinski definition) is 3. The van der Waals surface area contributed by atoms with Gasteiger partial charge in [0.1, 0.15) is 11.6 Å². The Bertz CT molecular complexity index is 901. The molecule has 0 aromatic heterocycles. The number of nitrogens with one attached hydrogen (secondary N) is 2. The third-order valence-corrected chi connectivity index (χ3v) is 5.23. The highest BCUT2D eigenvalue weighted by atomic mass is 79.9. The minimum Gasteiger partial charge on any atom is -0.496 e. The molecule has 0 atom stereocenters. The molecule has 0 saturated carbocycles. The van der Waals surface area contributed by atoms with E-state index in [1.54, 1.807) is 13.2 Å². The van der Waals surface area contributed by atoms with Gasteiger partial charge < -0.3 is 15.4 Å². The Balaban J connectivity index is 0.000000156. The van der Waals surface area contributed by atoms with Crippen molar-refractivity contribution in [2.75, 3.05) is 20.2 Å². The molecule has 0 unspecified atom stereocenters. The Kier molecular flexibility index (Phi) is 6.16. The summed E-state index contributed by atoms with van der Waals surface area (Å²) >= 11 is 6.58. The number of hydrogen-bond donors (Lipinski definition) is 2. The van der Waals surface area contributed by atoms with Crippen molar-refractivity contribution in [2.24, 2.45) is 0 Å². The minimum absolute atomic E-state index is 0.0457. The first kappa shape index (κ1) is 19.8. The van der Waals surface area contributed by atoms with Crippen LogP contribution in [0.4, 0.5) is 4.39 Å². The molecule has 0 radical (unpaired) electrons. The van der Waals surface area contributed by atoms with E-state index in [1.807, 2.05) is 12.1 Å². The molecule has 4 rings (SSSR count). The van der Waals surface area contributed by atoms with E-state index in [2.05, 4.69) is 42.5 Å². The van der Waals surface area contributed by atoms with E-state index >= 15 is 0 Å². The summed E-state index contributed by atoms with van der Waals surface area (Å²) in [5, 5.41) is 5.40. The summed E-state index contributed by atoms with van der Waals surface area (Å²) in [7, 11) is 1.57. The minimum atomic E-state index is -0.457. The van der Waals surface area contributed by atoms with Crippen LogP contribution < -0.4 is 15.4 Å². The van der Waals surface area contributed by atoms with Crippen molar-refractivity contribution in [3.05, 3.63) is 61.3 Å². The van der Waals surface area contributed by atoms with Crippen LogP contribution >= 0.6 is 31.9 Å². The maximum absolute atomic E-state index is 13.3. The zero-order chi connectivity index (χ0) is 19.6. The second kappa shape index (κ2) is 8.39. The van der Waals surface area contributed by atoms with Gasteiger partial charge in [-0.3, -0.25) is 9.59 Å². The molecule has 2 aromatic carbocycles. The van der Waals surface area contributed by atoms with E-state index in [1.165, 1.54) is 6.07 Å². The van der Waals surface area contributed by atoms with E-state index in [0.29, 0.717) is 35.3 Å². The number of methoxy groups -OCH3 is 1. The molecular weight excluding hydrogens is 483 g/mol. The number of benzene rings is 2.